The Morgan fingerprint density at radius 1 is 1.67 bits per heavy atom. The summed E-state index contributed by atoms with van der Waals surface area (Å²) < 4.78 is 5.29. The van der Waals surface area contributed by atoms with Crippen LogP contribution in [0.1, 0.15) is 23.8 Å². The number of hydrogen-bond acceptors (Lipinski definition) is 4. The highest BCUT2D eigenvalue weighted by Crippen LogP contribution is 2.42. The molecule has 3 nitrogen and oxygen atoms in total. The lowest BCUT2D eigenvalue weighted by Gasteiger charge is -1.97. The van der Waals surface area contributed by atoms with Crippen LogP contribution in [0.5, 0.6) is 5.88 Å². The van der Waals surface area contributed by atoms with E-state index in [4.69, 9.17) is 10.5 Å². The number of aromatic nitrogens is 1. The second kappa shape index (κ2) is 3.41. The standard InChI is InChI=1S/C8H12N2OS/c9-3-4-11-7-5-12-8(10-7)6-1-2-6/h5-6H,1-4,9H2. The zero-order valence-corrected chi connectivity index (χ0v) is 7.64. The molecule has 0 radical (unpaired) electrons. The molecule has 1 aromatic rings. The Morgan fingerprint density at radius 3 is 3.17 bits per heavy atom. The lowest BCUT2D eigenvalue weighted by molar-refractivity contribution is 0.317. The second-order valence-electron chi connectivity index (χ2n) is 2.94. The van der Waals surface area contributed by atoms with Crippen LogP contribution in [0.25, 0.3) is 0 Å². The Labute approximate surface area is 75.6 Å². The maximum atomic E-state index is 5.31. The van der Waals surface area contributed by atoms with E-state index in [1.54, 1.807) is 11.3 Å². The third-order valence-corrected chi connectivity index (χ3v) is 2.78. The zero-order chi connectivity index (χ0) is 8.39. The first-order chi connectivity index (χ1) is 5.90. The number of ether oxygens (including phenoxy) is 1. The van der Waals surface area contributed by atoms with Gasteiger partial charge < -0.3 is 10.5 Å². The van der Waals surface area contributed by atoms with Gasteiger partial charge in [-0.2, -0.15) is 0 Å². The number of nitrogens with zero attached hydrogens (tertiary/aromatic N) is 1. The van der Waals surface area contributed by atoms with Gasteiger partial charge in [0, 0.05) is 12.5 Å². The van der Waals surface area contributed by atoms with E-state index >= 15 is 0 Å². The largest absolute Gasteiger partial charge is 0.476 e. The van der Waals surface area contributed by atoms with Crippen molar-refractivity contribution in [3.63, 3.8) is 0 Å². The zero-order valence-electron chi connectivity index (χ0n) is 6.82. The molecule has 4 heteroatoms. The second-order valence-corrected chi connectivity index (χ2v) is 3.83. The molecule has 0 amide bonds. The van der Waals surface area contributed by atoms with Crippen LogP contribution in [-0.4, -0.2) is 18.1 Å². The first-order valence-electron chi connectivity index (χ1n) is 4.18. The highest BCUT2D eigenvalue weighted by atomic mass is 32.1. The fraction of sp³-hybridized carbons (Fsp3) is 0.625. The summed E-state index contributed by atoms with van der Waals surface area (Å²) in [5.74, 6) is 1.47. The Hall–Kier alpha value is -0.610. The summed E-state index contributed by atoms with van der Waals surface area (Å²) in [5.41, 5.74) is 5.31. The van der Waals surface area contributed by atoms with Gasteiger partial charge in [0.1, 0.15) is 6.61 Å². The molecule has 0 unspecified atom stereocenters. The average molecular weight is 184 g/mol. The summed E-state index contributed by atoms with van der Waals surface area (Å²) in [4.78, 5) is 4.35. The van der Waals surface area contributed by atoms with Gasteiger partial charge in [-0.15, -0.1) is 11.3 Å². The number of hydrogen-bond donors (Lipinski definition) is 1. The third-order valence-electron chi connectivity index (χ3n) is 1.80. The smallest absolute Gasteiger partial charge is 0.224 e. The van der Waals surface area contributed by atoms with Crippen molar-refractivity contribution in [3.8, 4) is 5.88 Å². The number of thiazole rings is 1. The molecule has 0 bridgehead atoms. The van der Waals surface area contributed by atoms with Crippen LogP contribution in [0.15, 0.2) is 5.38 Å². The molecule has 0 saturated heterocycles. The van der Waals surface area contributed by atoms with Gasteiger partial charge in [0.25, 0.3) is 0 Å². The van der Waals surface area contributed by atoms with Crippen LogP contribution in [0.2, 0.25) is 0 Å². The molecule has 0 aromatic carbocycles. The summed E-state index contributed by atoms with van der Waals surface area (Å²) in [7, 11) is 0. The molecule has 1 aliphatic carbocycles. The molecule has 1 aromatic heterocycles. The first-order valence-corrected chi connectivity index (χ1v) is 5.06. The predicted octanol–water partition coefficient (Wildman–Crippen LogP) is 1.36. The van der Waals surface area contributed by atoms with Crippen LogP contribution < -0.4 is 10.5 Å². The minimum atomic E-state index is 0.552. The van der Waals surface area contributed by atoms with Crippen LogP contribution in [-0.2, 0) is 0 Å². The highest BCUT2D eigenvalue weighted by Gasteiger charge is 2.26. The van der Waals surface area contributed by atoms with E-state index in [-0.39, 0.29) is 0 Å². The summed E-state index contributed by atoms with van der Waals surface area (Å²) in [6, 6.07) is 0. The summed E-state index contributed by atoms with van der Waals surface area (Å²) in [5, 5.41) is 3.19. The maximum absolute atomic E-state index is 5.31. The molecule has 0 spiro atoms. The minimum Gasteiger partial charge on any atom is -0.476 e. The lowest BCUT2D eigenvalue weighted by atomic mass is 10.5. The van der Waals surface area contributed by atoms with Crippen molar-refractivity contribution in [1.29, 1.82) is 0 Å². The van der Waals surface area contributed by atoms with Crippen molar-refractivity contribution in [3.05, 3.63) is 10.4 Å². The fourth-order valence-corrected chi connectivity index (χ4v) is 1.93. The van der Waals surface area contributed by atoms with E-state index in [0.717, 1.165) is 11.8 Å². The van der Waals surface area contributed by atoms with Gasteiger partial charge in [0.2, 0.25) is 5.88 Å². The minimum absolute atomic E-state index is 0.552. The average Bonchev–Trinajstić information content (AvgIpc) is 2.83. The van der Waals surface area contributed by atoms with Crippen LogP contribution in [0, 0.1) is 0 Å². The van der Waals surface area contributed by atoms with Crippen molar-refractivity contribution in [1.82, 2.24) is 4.98 Å². The fourth-order valence-electron chi connectivity index (χ4n) is 1.02. The van der Waals surface area contributed by atoms with E-state index in [9.17, 15) is 0 Å². The third kappa shape index (κ3) is 1.76. The van der Waals surface area contributed by atoms with Crippen LogP contribution in [0.3, 0.4) is 0 Å². The molecular weight excluding hydrogens is 172 g/mol. The van der Waals surface area contributed by atoms with Crippen molar-refractivity contribution in [2.45, 2.75) is 18.8 Å². The Kier molecular flexibility index (Phi) is 2.28. The molecular formula is C8H12N2OS. The Morgan fingerprint density at radius 2 is 2.50 bits per heavy atom. The normalized spacial score (nSPS) is 16.4. The molecule has 0 aliphatic heterocycles. The number of nitrogens with two attached hydrogens (primary N) is 1. The quantitative estimate of drug-likeness (QED) is 0.768. The van der Waals surface area contributed by atoms with Gasteiger partial charge in [0.05, 0.1) is 10.4 Å². The first kappa shape index (κ1) is 8.01. The molecule has 2 rings (SSSR count). The summed E-state index contributed by atoms with van der Waals surface area (Å²) in [6.45, 7) is 1.12. The van der Waals surface area contributed by atoms with Crippen LogP contribution in [0.4, 0.5) is 0 Å². The predicted molar refractivity (Wildman–Crippen MR) is 48.6 cm³/mol. The topological polar surface area (TPSA) is 48.1 Å². The van der Waals surface area contributed by atoms with E-state index in [2.05, 4.69) is 4.98 Å². The van der Waals surface area contributed by atoms with Gasteiger partial charge >= 0.3 is 0 Å². The van der Waals surface area contributed by atoms with Crippen LogP contribution >= 0.6 is 11.3 Å². The van der Waals surface area contributed by atoms with Gasteiger partial charge in [-0.3, -0.25) is 0 Å². The van der Waals surface area contributed by atoms with E-state index in [1.807, 2.05) is 5.38 Å². The van der Waals surface area contributed by atoms with Gasteiger partial charge in [-0.05, 0) is 12.8 Å². The maximum Gasteiger partial charge on any atom is 0.224 e. The Balaban J connectivity index is 1.93. The van der Waals surface area contributed by atoms with E-state index in [0.29, 0.717) is 13.2 Å². The summed E-state index contributed by atoms with van der Waals surface area (Å²) in [6.07, 6.45) is 2.59. The lowest BCUT2D eigenvalue weighted by Crippen LogP contribution is -2.10. The molecule has 1 saturated carbocycles. The van der Waals surface area contributed by atoms with Crippen molar-refractivity contribution < 1.29 is 4.74 Å². The molecule has 12 heavy (non-hydrogen) atoms. The van der Waals surface area contributed by atoms with Crippen molar-refractivity contribution in [2.24, 2.45) is 5.73 Å². The van der Waals surface area contributed by atoms with Gasteiger partial charge in [-0.25, -0.2) is 4.98 Å². The van der Waals surface area contributed by atoms with Crippen molar-refractivity contribution in [2.75, 3.05) is 13.2 Å². The van der Waals surface area contributed by atoms with E-state index < -0.39 is 0 Å². The van der Waals surface area contributed by atoms with Gasteiger partial charge in [-0.1, -0.05) is 0 Å². The summed E-state index contributed by atoms with van der Waals surface area (Å²) >= 11 is 1.69. The molecule has 0 atom stereocenters. The Bertz CT molecular complexity index is 257. The molecule has 66 valence electrons. The van der Waals surface area contributed by atoms with E-state index in [1.165, 1.54) is 17.8 Å². The van der Waals surface area contributed by atoms with Crippen molar-refractivity contribution >= 4 is 11.3 Å². The molecule has 1 fully saturated rings. The SMILES string of the molecule is NCCOc1csc(C2CC2)n1. The monoisotopic (exact) mass is 184 g/mol. The van der Waals surface area contributed by atoms with Gasteiger partial charge in [0.15, 0.2) is 0 Å². The number of rotatable bonds is 4. The highest BCUT2D eigenvalue weighted by molar-refractivity contribution is 7.09. The molecule has 1 heterocycles. The molecule has 1 aliphatic rings. The molecule has 2 N–H and O–H groups in total.